The van der Waals surface area contributed by atoms with Crippen molar-refractivity contribution in [3.63, 3.8) is 0 Å². The van der Waals surface area contributed by atoms with Gasteiger partial charge in [0, 0.05) is 18.3 Å². The SMILES string of the molecule is CC(C)CC(N)C(=O)NC(CO)C(=O)NC(Cc1cnc[nH]1)C(=O)NCC(=O)O. The van der Waals surface area contributed by atoms with Gasteiger partial charge in [-0.25, -0.2) is 4.98 Å². The molecule has 1 rings (SSSR count). The van der Waals surface area contributed by atoms with Gasteiger partial charge in [0.15, 0.2) is 0 Å². The van der Waals surface area contributed by atoms with E-state index in [1.807, 2.05) is 13.8 Å². The highest BCUT2D eigenvalue weighted by Gasteiger charge is 2.28. The third kappa shape index (κ3) is 8.70. The van der Waals surface area contributed by atoms with Crippen molar-refractivity contribution in [1.29, 1.82) is 0 Å². The van der Waals surface area contributed by atoms with Gasteiger partial charge in [-0.1, -0.05) is 13.8 Å². The molecule has 0 aliphatic carbocycles. The molecule has 29 heavy (non-hydrogen) atoms. The molecule has 0 saturated heterocycles. The highest BCUT2D eigenvalue weighted by molar-refractivity contribution is 5.93. The predicted octanol–water partition coefficient (Wildman–Crippen LogP) is -2.51. The topological polar surface area (TPSA) is 200 Å². The van der Waals surface area contributed by atoms with Crippen LogP contribution >= 0.6 is 0 Å². The van der Waals surface area contributed by atoms with Gasteiger partial charge in [-0.2, -0.15) is 0 Å². The first-order valence-electron chi connectivity index (χ1n) is 9.08. The Morgan fingerprint density at radius 3 is 2.31 bits per heavy atom. The maximum absolute atomic E-state index is 12.5. The number of aromatic nitrogens is 2. The minimum absolute atomic E-state index is 0.00382. The number of H-pyrrole nitrogens is 1. The lowest BCUT2D eigenvalue weighted by molar-refractivity contribution is -0.138. The number of hydrogen-bond donors (Lipinski definition) is 7. The van der Waals surface area contributed by atoms with Crippen LogP contribution in [0.15, 0.2) is 12.5 Å². The van der Waals surface area contributed by atoms with Gasteiger partial charge < -0.3 is 36.9 Å². The highest BCUT2D eigenvalue weighted by atomic mass is 16.4. The summed E-state index contributed by atoms with van der Waals surface area (Å²) in [4.78, 5) is 54.1. The smallest absolute Gasteiger partial charge is 0.322 e. The van der Waals surface area contributed by atoms with Crippen LogP contribution in [0.2, 0.25) is 0 Å². The fourth-order valence-electron chi connectivity index (χ4n) is 2.47. The largest absolute Gasteiger partial charge is 0.480 e. The lowest BCUT2D eigenvalue weighted by Gasteiger charge is -2.23. The molecule has 3 unspecified atom stereocenters. The van der Waals surface area contributed by atoms with Crippen LogP contribution in [0.1, 0.15) is 26.0 Å². The Bertz CT molecular complexity index is 693. The number of aliphatic hydroxyl groups is 1. The third-order valence-corrected chi connectivity index (χ3v) is 3.90. The van der Waals surface area contributed by atoms with Gasteiger partial charge in [0.2, 0.25) is 17.7 Å². The van der Waals surface area contributed by atoms with Gasteiger partial charge in [0.1, 0.15) is 18.6 Å². The molecule has 3 atom stereocenters. The maximum atomic E-state index is 12.5. The summed E-state index contributed by atoms with van der Waals surface area (Å²) in [5, 5.41) is 25.1. The molecule has 0 spiro atoms. The summed E-state index contributed by atoms with van der Waals surface area (Å²) in [6.07, 6.45) is 3.22. The van der Waals surface area contributed by atoms with E-state index in [0.717, 1.165) is 0 Å². The van der Waals surface area contributed by atoms with Gasteiger partial charge in [0.25, 0.3) is 0 Å². The second-order valence-electron chi connectivity index (χ2n) is 6.93. The summed E-state index contributed by atoms with van der Waals surface area (Å²) in [5.41, 5.74) is 6.29. The van der Waals surface area contributed by atoms with Crippen molar-refractivity contribution < 1.29 is 29.4 Å². The van der Waals surface area contributed by atoms with Crippen LogP contribution in [0.5, 0.6) is 0 Å². The molecule has 0 radical (unpaired) electrons. The standard InChI is InChI=1S/C17H28N6O6/c1-9(2)3-11(18)15(27)23-13(7-24)17(29)22-12(4-10-5-19-8-21-10)16(28)20-6-14(25)26/h5,8-9,11-13,24H,3-4,6-7,18H2,1-2H3,(H,19,21)(H,20,28)(H,22,29)(H,23,27)(H,25,26). The van der Waals surface area contributed by atoms with Gasteiger partial charge in [-0.3, -0.25) is 19.2 Å². The first-order valence-corrected chi connectivity index (χ1v) is 9.08. The van der Waals surface area contributed by atoms with E-state index >= 15 is 0 Å². The lowest BCUT2D eigenvalue weighted by Crippen LogP contribution is -2.57. The Kier molecular flexibility index (Phi) is 9.75. The van der Waals surface area contributed by atoms with Crippen molar-refractivity contribution in [3.05, 3.63) is 18.2 Å². The zero-order valence-corrected chi connectivity index (χ0v) is 16.3. The molecule has 162 valence electrons. The summed E-state index contributed by atoms with van der Waals surface area (Å²) in [5.74, 6) is -3.24. The minimum atomic E-state index is -1.32. The van der Waals surface area contributed by atoms with Crippen LogP contribution in [-0.4, -0.2) is 75.1 Å². The number of aliphatic hydroxyl groups excluding tert-OH is 1. The predicted molar refractivity (Wildman–Crippen MR) is 101 cm³/mol. The number of carbonyl (C=O) groups is 4. The molecule has 0 aliphatic rings. The molecule has 1 aromatic rings. The summed E-state index contributed by atoms with van der Waals surface area (Å²) in [6, 6.07) is -3.33. The summed E-state index contributed by atoms with van der Waals surface area (Å²) in [7, 11) is 0. The molecule has 0 bridgehead atoms. The molecule has 12 nitrogen and oxygen atoms in total. The number of carboxylic acids is 1. The summed E-state index contributed by atoms with van der Waals surface area (Å²) >= 11 is 0. The maximum Gasteiger partial charge on any atom is 0.322 e. The van der Waals surface area contributed by atoms with Crippen LogP contribution in [0, 0.1) is 5.92 Å². The molecule has 0 saturated carbocycles. The molecule has 12 heteroatoms. The molecular weight excluding hydrogens is 384 g/mol. The second-order valence-corrected chi connectivity index (χ2v) is 6.93. The number of carboxylic acid groups (broad SMARTS) is 1. The number of aliphatic carboxylic acids is 1. The lowest BCUT2D eigenvalue weighted by atomic mass is 10.0. The van der Waals surface area contributed by atoms with Gasteiger partial charge in [0.05, 0.1) is 19.0 Å². The van der Waals surface area contributed by atoms with Gasteiger partial charge >= 0.3 is 5.97 Å². The normalized spacial score (nSPS) is 14.0. The molecule has 0 fully saturated rings. The molecule has 8 N–H and O–H groups in total. The van der Waals surface area contributed by atoms with Crippen LogP contribution in [0.4, 0.5) is 0 Å². The zero-order chi connectivity index (χ0) is 22.0. The van der Waals surface area contributed by atoms with Crippen LogP contribution in [0.3, 0.4) is 0 Å². The van der Waals surface area contributed by atoms with E-state index in [9.17, 15) is 24.3 Å². The van der Waals surface area contributed by atoms with E-state index in [-0.39, 0.29) is 12.3 Å². The fraction of sp³-hybridized carbons (Fsp3) is 0.588. The molecule has 3 amide bonds. The average molecular weight is 412 g/mol. The van der Waals surface area contributed by atoms with Crippen molar-refractivity contribution in [2.45, 2.75) is 44.8 Å². The van der Waals surface area contributed by atoms with E-state index in [4.69, 9.17) is 10.8 Å². The van der Waals surface area contributed by atoms with E-state index in [1.165, 1.54) is 12.5 Å². The zero-order valence-electron chi connectivity index (χ0n) is 16.3. The van der Waals surface area contributed by atoms with E-state index in [0.29, 0.717) is 12.1 Å². The number of carbonyl (C=O) groups excluding carboxylic acids is 3. The second kappa shape index (κ2) is 11.8. The first kappa shape index (κ1) is 24.0. The fourth-order valence-corrected chi connectivity index (χ4v) is 2.47. The number of nitrogens with two attached hydrogens (primary N) is 1. The van der Waals surface area contributed by atoms with E-state index in [1.54, 1.807) is 0 Å². The number of imidazole rings is 1. The van der Waals surface area contributed by atoms with E-state index < -0.39 is 55.0 Å². The quantitative estimate of drug-likeness (QED) is 0.195. The molecule has 0 aromatic carbocycles. The summed E-state index contributed by atoms with van der Waals surface area (Å²) in [6.45, 7) is 2.44. The van der Waals surface area contributed by atoms with Crippen molar-refractivity contribution in [2.24, 2.45) is 11.7 Å². The van der Waals surface area contributed by atoms with Crippen molar-refractivity contribution >= 4 is 23.7 Å². The Balaban J connectivity index is 2.80. The van der Waals surface area contributed by atoms with Crippen molar-refractivity contribution in [2.75, 3.05) is 13.2 Å². The Labute approximate surface area is 167 Å². The molecule has 0 aliphatic heterocycles. The van der Waals surface area contributed by atoms with Crippen LogP contribution in [-0.2, 0) is 25.6 Å². The number of hydrogen-bond acceptors (Lipinski definition) is 7. The Morgan fingerprint density at radius 2 is 1.79 bits per heavy atom. The van der Waals surface area contributed by atoms with E-state index in [2.05, 4.69) is 25.9 Å². The average Bonchev–Trinajstić information content (AvgIpc) is 3.15. The number of amides is 3. The monoisotopic (exact) mass is 412 g/mol. The number of aromatic amines is 1. The van der Waals surface area contributed by atoms with Crippen molar-refractivity contribution in [1.82, 2.24) is 25.9 Å². The molecule has 1 heterocycles. The van der Waals surface area contributed by atoms with Gasteiger partial charge in [-0.15, -0.1) is 0 Å². The number of nitrogens with zero attached hydrogens (tertiary/aromatic N) is 1. The van der Waals surface area contributed by atoms with Crippen LogP contribution in [0.25, 0.3) is 0 Å². The highest BCUT2D eigenvalue weighted by Crippen LogP contribution is 2.04. The Morgan fingerprint density at radius 1 is 1.14 bits per heavy atom. The third-order valence-electron chi connectivity index (χ3n) is 3.90. The Hall–Kier alpha value is -2.99. The van der Waals surface area contributed by atoms with Crippen LogP contribution < -0.4 is 21.7 Å². The molecular formula is C17H28N6O6. The first-order chi connectivity index (χ1) is 13.6. The van der Waals surface area contributed by atoms with Gasteiger partial charge in [-0.05, 0) is 12.3 Å². The molecule has 1 aromatic heterocycles. The number of nitrogens with one attached hydrogen (secondary N) is 4. The number of rotatable bonds is 12. The minimum Gasteiger partial charge on any atom is -0.480 e. The van der Waals surface area contributed by atoms with Crippen molar-refractivity contribution in [3.8, 4) is 0 Å². The summed E-state index contributed by atoms with van der Waals surface area (Å²) < 4.78 is 0.